The van der Waals surface area contributed by atoms with E-state index in [1.54, 1.807) is 6.92 Å². The molecule has 23 nitrogen and oxygen atoms in total. The van der Waals surface area contributed by atoms with Crippen LogP contribution in [-0.4, -0.2) is 114 Å². The van der Waals surface area contributed by atoms with Crippen molar-refractivity contribution in [3.05, 3.63) is 122 Å². The number of phenolic OH excluding ortho intramolecular Hbond substituents is 3. The Hall–Kier alpha value is -7.81. The molecule has 0 spiro atoms. The zero-order chi connectivity index (χ0) is 58.2. The number of carbonyl (C=O) groups excluding carboxylic acids is 5. The van der Waals surface area contributed by atoms with Gasteiger partial charge in [-0.1, -0.05) is 73.5 Å². The number of hydrogen-bond donors (Lipinski definition) is 15. The first-order chi connectivity index (χ1) is 37.8. The molecule has 80 heavy (non-hydrogen) atoms. The molecule has 5 aliphatic heterocycles. The van der Waals surface area contributed by atoms with Gasteiger partial charge in [0.1, 0.15) is 76.6 Å². The predicted octanol–water partition coefficient (Wildman–Crippen LogP) is 3.59. The maximum Gasteiger partial charge on any atom is 0.325 e. The number of aryl methyl sites for hydroxylation is 1. The van der Waals surface area contributed by atoms with Crippen LogP contribution in [0.15, 0.2) is 78.9 Å². The van der Waals surface area contributed by atoms with Crippen molar-refractivity contribution < 1.29 is 74.0 Å². The lowest BCUT2D eigenvalue weighted by Gasteiger charge is -2.35. The Bertz CT molecular complexity index is 3330. The van der Waals surface area contributed by atoms with Crippen molar-refractivity contribution in [2.45, 2.75) is 94.3 Å². The number of primary amides is 1. The Kier molecular flexibility index (Phi) is 17.4. The van der Waals surface area contributed by atoms with E-state index in [4.69, 9.17) is 50.6 Å². The smallest absolute Gasteiger partial charge is 0.325 e. The summed E-state index contributed by atoms with van der Waals surface area (Å²) < 4.78 is 12.4. The third-order valence-corrected chi connectivity index (χ3v) is 14.7. The average Bonchev–Trinajstić information content (AvgIpc) is 3.39. The van der Waals surface area contributed by atoms with Crippen LogP contribution in [0.25, 0.3) is 11.1 Å². The molecule has 5 heterocycles. The first-order valence-corrected chi connectivity index (χ1v) is 26.0. The van der Waals surface area contributed by atoms with Gasteiger partial charge in [0, 0.05) is 11.6 Å². The minimum absolute atomic E-state index is 0.00458. The van der Waals surface area contributed by atoms with Crippen LogP contribution in [0.3, 0.4) is 0 Å². The molecule has 5 aromatic rings. The zero-order valence-corrected chi connectivity index (χ0v) is 45.2. The maximum absolute atomic E-state index is 15.2. The fourth-order valence-electron chi connectivity index (χ4n) is 9.63. The standard InChI is InChI=1S/C54H56Cl2N8O15S/c1-20(2)11-31(58-4)48(71)62-43-45(68)23-7-9-34(29(55)13-23)78-36-15-25-16-37(47(36)70)79-35-10-8-24(14-30(35)56)46(69)44-52(75)61-42(54(76)77)28-17-26(65)18-33(66)39(28)27-12-22(6-5-21(27)3)40(50(73)63-44)64-53(80)41(25)60-49(72)32(19-38(57)67)59-51(43)74/h5-10,12-18,20,31-32,40-46,52,58,61,65-66,68-70,75H,11,19H2,1-4H3,(H2,57,67)(H,59,74)(H,60,72)(H,62,71)(H,63,73)(H,64,80)(H,76,77). The summed E-state index contributed by atoms with van der Waals surface area (Å²) in [5.74, 6) is -9.77. The van der Waals surface area contributed by atoms with Gasteiger partial charge in [-0.15, -0.1) is 0 Å². The van der Waals surface area contributed by atoms with Crippen LogP contribution in [0.2, 0.25) is 10.0 Å². The van der Waals surface area contributed by atoms with Gasteiger partial charge in [-0.05, 0) is 114 Å². The molecule has 0 fully saturated rings. The Balaban J connectivity index is 1.36. The van der Waals surface area contributed by atoms with Crippen LogP contribution < -0.4 is 52.4 Å². The van der Waals surface area contributed by atoms with E-state index in [0.717, 1.165) is 12.1 Å². The van der Waals surface area contributed by atoms with Crippen molar-refractivity contribution in [3.8, 4) is 51.4 Å². The van der Waals surface area contributed by atoms with E-state index in [2.05, 4.69) is 37.2 Å². The van der Waals surface area contributed by atoms with Crippen molar-refractivity contribution in [1.82, 2.24) is 37.2 Å². The highest BCUT2D eigenvalue weighted by Crippen LogP contribution is 2.47. The Labute approximate surface area is 471 Å². The number of halogens is 2. The second-order valence-electron chi connectivity index (χ2n) is 19.8. The minimum Gasteiger partial charge on any atom is -0.508 e. The number of aliphatic carboxylic acids is 1. The first-order valence-electron chi connectivity index (χ1n) is 24.8. The zero-order valence-electron chi connectivity index (χ0n) is 42.9. The van der Waals surface area contributed by atoms with Crippen molar-refractivity contribution in [1.29, 1.82) is 0 Å². The van der Waals surface area contributed by atoms with E-state index in [1.807, 2.05) is 13.8 Å². The quantitative estimate of drug-likeness (QED) is 0.0987. The normalized spacial score (nSPS) is 23.4. The van der Waals surface area contributed by atoms with Crippen LogP contribution in [-0.2, 0) is 28.8 Å². The van der Waals surface area contributed by atoms with E-state index >= 15 is 4.79 Å². The minimum atomic E-state index is -2.17. The van der Waals surface area contributed by atoms with Gasteiger partial charge in [-0.2, -0.15) is 0 Å². The molecule has 5 aromatic carbocycles. The molecule has 10 rings (SSSR count). The number of aliphatic hydroxyl groups excluding tert-OH is 3. The number of fused-ring (bicyclic) bond motifs is 15. The lowest BCUT2D eigenvalue weighted by Crippen LogP contribution is -2.59. The number of benzene rings is 5. The number of carboxylic acid groups (broad SMARTS) is 1. The summed E-state index contributed by atoms with van der Waals surface area (Å²) in [5, 5.41) is 99.1. The van der Waals surface area contributed by atoms with Crippen molar-refractivity contribution in [2.24, 2.45) is 11.7 Å². The maximum atomic E-state index is 15.2. The molecule has 0 saturated heterocycles. The number of carbonyl (C=O) groups is 6. The molecule has 26 heteroatoms. The Morgan fingerprint density at radius 3 is 1.93 bits per heavy atom. The summed E-state index contributed by atoms with van der Waals surface area (Å²) in [6.07, 6.45) is -6.56. The molecule has 5 amide bonds. The summed E-state index contributed by atoms with van der Waals surface area (Å²) in [6, 6.07) is 4.61. The molecule has 16 N–H and O–H groups in total. The van der Waals surface area contributed by atoms with Gasteiger partial charge in [0.05, 0.1) is 28.5 Å². The fraction of sp³-hybridized carbons (Fsp3) is 0.315. The number of aromatic hydroxyl groups is 3. The molecular weight excluding hydrogens is 1100 g/mol. The van der Waals surface area contributed by atoms with Crippen LogP contribution in [0, 0.1) is 12.8 Å². The Morgan fingerprint density at radius 2 is 1.35 bits per heavy atom. The molecule has 0 aliphatic carbocycles. The molecule has 10 unspecified atom stereocenters. The monoisotopic (exact) mass is 1160 g/mol. The van der Waals surface area contributed by atoms with Crippen LogP contribution in [0.5, 0.6) is 40.2 Å². The number of nitrogens with one attached hydrogen (secondary N) is 7. The number of likely N-dealkylation sites (N-methyl/N-ethyl adjacent to an activating group) is 1. The largest absolute Gasteiger partial charge is 0.508 e. The third kappa shape index (κ3) is 12.3. The number of rotatable bonds is 8. The number of thiocarbonyl (C=S) groups is 1. The number of carboxylic acids is 1. The second-order valence-corrected chi connectivity index (χ2v) is 21.1. The molecule has 10 atom stereocenters. The predicted molar refractivity (Wildman–Crippen MR) is 292 cm³/mol. The van der Waals surface area contributed by atoms with Gasteiger partial charge >= 0.3 is 5.97 Å². The number of phenols is 3. The topological polar surface area (TPSA) is 373 Å². The second kappa shape index (κ2) is 23.9. The van der Waals surface area contributed by atoms with Crippen molar-refractivity contribution in [3.63, 3.8) is 0 Å². The fourth-order valence-corrected chi connectivity index (χ4v) is 10.4. The number of nitrogens with two attached hydrogens (primary N) is 1. The molecule has 422 valence electrons. The van der Waals surface area contributed by atoms with Crippen molar-refractivity contribution >= 4 is 75.9 Å². The molecule has 11 bridgehead atoms. The van der Waals surface area contributed by atoms with E-state index in [9.17, 15) is 59.7 Å². The molecule has 0 saturated carbocycles. The highest BCUT2D eigenvalue weighted by Gasteiger charge is 2.41. The number of amides is 5. The average molecular weight is 1160 g/mol. The first kappa shape index (κ1) is 58.3. The molecule has 0 aromatic heterocycles. The number of ether oxygens (including phenoxy) is 2. The van der Waals surface area contributed by atoms with Crippen LogP contribution in [0.4, 0.5) is 0 Å². The summed E-state index contributed by atoms with van der Waals surface area (Å²) >= 11 is 19.7. The van der Waals surface area contributed by atoms with E-state index in [-0.39, 0.29) is 66.4 Å². The molecule has 5 aliphatic rings. The Morgan fingerprint density at radius 1 is 0.738 bits per heavy atom. The van der Waals surface area contributed by atoms with Gasteiger partial charge in [0.2, 0.25) is 35.3 Å². The highest BCUT2D eigenvalue weighted by molar-refractivity contribution is 7.80. The van der Waals surface area contributed by atoms with Gasteiger partial charge < -0.3 is 82.9 Å². The van der Waals surface area contributed by atoms with Gasteiger partial charge in [0.15, 0.2) is 11.5 Å². The summed E-state index contributed by atoms with van der Waals surface area (Å²) in [5.41, 5.74) is 5.70. The van der Waals surface area contributed by atoms with E-state index in [0.29, 0.717) is 12.0 Å². The van der Waals surface area contributed by atoms with Crippen LogP contribution >= 0.6 is 35.4 Å². The SMILES string of the molecule is CNC(CC(C)C)C(=O)NC1C(=O)NC(CC(N)=O)C(=O)NC2C(=S)NC3C(=O)NC(C(O)NC(C(=O)O)c4cc(O)cc(O)c4-c4cc3ccc4C)C(O)c3ccc(c(Cl)c3)Oc3cc2cc(c3O)Oc2ccc(cc2Cl)C1O. The summed E-state index contributed by atoms with van der Waals surface area (Å²) in [7, 11) is 1.53. The lowest BCUT2D eigenvalue weighted by molar-refractivity contribution is -0.141. The third-order valence-electron chi connectivity index (χ3n) is 13.7. The molecular formula is C54H56Cl2N8O15S. The van der Waals surface area contributed by atoms with Crippen LogP contribution in [0.1, 0.15) is 90.4 Å². The number of hydrogen-bond acceptors (Lipinski definition) is 17. The summed E-state index contributed by atoms with van der Waals surface area (Å²) in [4.78, 5) is 83.9. The van der Waals surface area contributed by atoms with Gasteiger partial charge in [-0.25, -0.2) is 0 Å². The van der Waals surface area contributed by atoms with Gasteiger partial charge in [0.25, 0.3) is 0 Å². The van der Waals surface area contributed by atoms with E-state index < -0.39 is 136 Å². The highest BCUT2D eigenvalue weighted by atomic mass is 35.5. The van der Waals surface area contributed by atoms with Crippen molar-refractivity contribution in [2.75, 3.05) is 7.05 Å². The lowest BCUT2D eigenvalue weighted by atomic mass is 9.88. The van der Waals surface area contributed by atoms with E-state index in [1.165, 1.54) is 73.8 Å². The summed E-state index contributed by atoms with van der Waals surface area (Å²) in [6.45, 7) is 5.35. The molecule has 0 radical (unpaired) electrons. The van der Waals surface area contributed by atoms with Gasteiger partial charge in [-0.3, -0.25) is 34.1 Å². The number of aliphatic hydroxyl groups is 3.